The molecule has 20 heavy (non-hydrogen) atoms. The zero-order chi connectivity index (χ0) is 15.1. The Balaban J connectivity index is 2.28. The minimum absolute atomic E-state index is 0.0649. The predicted molar refractivity (Wildman–Crippen MR) is 73.5 cm³/mol. The molecule has 0 amide bonds. The first-order valence-electron chi connectivity index (χ1n) is 6.71. The minimum atomic E-state index is -0.502. The molecule has 0 fully saturated rings. The molecule has 0 saturated carbocycles. The van der Waals surface area contributed by atoms with Crippen LogP contribution in [0.1, 0.15) is 30.6 Å². The van der Waals surface area contributed by atoms with Gasteiger partial charge in [-0.25, -0.2) is 4.98 Å². The van der Waals surface area contributed by atoms with Crippen molar-refractivity contribution in [2.75, 3.05) is 19.8 Å². The smallest absolute Gasteiger partial charge is 0.313 e. The van der Waals surface area contributed by atoms with Crippen LogP contribution < -0.4 is 0 Å². The van der Waals surface area contributed by atoms with Gasteiger partial charge in [-0.3, -0.25) is 9.59 Å². The SMILES string of the molecule is CCOC(=O)CC(=O)COCCn1c(C)nc(C)c1C. The van der Waals surface area contributed by atoms with E-state index in [2.05, 4.69) is 4.98 Å². The summed E-state index contributed by atoms with van der Waals surface area (Å²) in [6.45, 7) is 8.87. The molecular weight excluding hydrogens is 260 g/mol. The summed E-state index contributed by atoms with van der Waals surface area (Å²) in [5.74, 6) is 0.165. The molecule has 6 heteroatoms. The molecule has 0 spiro atoms. The van der Waals surface area contributed by atoms with E-state index in [9.17, 15) is 9.59 Å². The predicted octanol–water partition coefficient (Wildman–Crippen LogP) is 1.35. The van der Waals surface area contributed by atoms with Gasteiger partial charge in [-0.1, -0.05) is 0 Å². The summed E-state index contributed by atoms with van der Waals surface area (Å²) in [5, 5.41) is 0. The minimum Gasteiger partial charge on any atom is -0.466 e. The molecule has 0 saturated heterocycles. The Labute approximate surface area is 119 Å². The fraction of sp³-hybridized carbons (Fsp3) is 0.643. The zero-order valence-electron chi connectivity index (χ0n) is 12.6. The van der Waals surface area contributed by atoms with Crippen LogP contribution in [0.25, 0.3) is 0 Å². The Hall–Kier alpha value is -1.69. The largest absolute Gasteiger partial charge is 0.466 e. The van der Waals surface area contributed by atoms with Gasteiger partial charge in [-0.15, -0.1) is 0 Å². The van der Waals surface area contributed by atoms with Crippen molar-refractivity contribution in [2.45, 2.75) is 40.7 Å². The Kier molecular flexibility index (Phi) is 6.38. The van der Waals surface area contributed by atoms with E-state index < -0.39 is 5.97 Å². The average molecular weight is 282 g/mol. The van der Waals surface area contributed by atoms with Crippen LogP contribution in [-0.2, 0) is 25.6 Å². The van der Waals surface area contributed by atoms with E-state index in [1.807, 2.05) is 25.3 Å². The number of ketones is 1. The van der Waals surface area contributed by atoms with Crippen molar-refractivity contribution in [1.82, 2.24) is 9.55 Å². The van der Waals surface area contributed by atoms with Crippen LogP contribution in [0.4, 0.5) is 0 Å². The number of esters is 1. The number of aryl methyl sites for hydroxylation is 2. The van der Waals surface area contributed by atoms with Crippen LogP contribution in [0, 0.1) is 20.8 Å². The summed E-state index contributed by atoms with van der Waals surface area (Å²) in [6.07, 6.45) is -0.226. The van der Waals surface area contributed by atoms with E-state index in [1.54, 1.807) is 6.92 Å². The van der Waals surface area contributed by atoms with E-state index in [0.717, 1.165) is 17.2 Å². The maximum atomic E-state index is 11.4. The van der Waals surface area contributed by atoms with Crippen molar-refractivity contribution in [3.05, 3.63) is 17.2 Å². The van der Waals surface area contributed by atoms with Crippen LogP contribution in [0.15, 0.2) is 0 Å². The second-order valence-electron chi connectivity index (χ2n) is 4.55. The molecule has 1 heterocycles. The molecule has 1 rings (SSSR count). The van der Waals surface area contributed by atoms with Gasteiger partial charge in [0.25, 0.3) is 0 Å². The third-order valence-electron chi connectivity index (χ3n) is 3.02. The molecule has 112 valence electrons. The van der Waals surface area contributed by atoms with Crippen molar-refractivity contribution >= 4 is 11.8 Å². The first-order chi connectivity index (χ1) is 9.45. The van der Waals surface area contributed by atoms with Crippen LogP contribution in [0.5, 0.6) is 0 Å². The van der Waals surface area contributed by atoms with Gasteiger partial charge in [0.05, 0.1) is 18.9 Å². The molecule has 0 aromatic carbocycles. The van der Waals surface area contributed by atoms with Gasteiger partial charge in [-0.2, -0.15) is 0 Å². The third-order valence-corrected chi connectivity index (χ3v) is 3.02. The number of aromatic nitrogens is 2. The molecule has 0 aliphatic rings. The molecule has 0 bridgehead atoms. The molecule has 0 N–H and O–H groups in total. The van der Waals surface area contributed by atoms with Crippen molar-refractivity contribution in [3.63, 3.8) is 0 Å². The molecule has 0 radical (unpaired) electrons. The highest BCUT2D eigenvalue weighted by Crippen LogP contribution is 2.08. The van der Waals surface area contributed by atoms with Gasteiger partial charge in [0, 0.05) is 12.2 Å². The highest BCUT2D eigenvalue weighted by atomic mass is 16.5. The van der Waals surface area contributed by atoms with Crippen LogP contribution in [0.3, 0.4) is 0 Å². The number of hydrogen-bond acceptors (Lipinski definition) is 5. The van der Waals surface area contributed by atoms with Crippen LogP contribution in [-0.4, -0.2) is 41.1 Å². The number of nitrogens with zero attached hydrogens (tertiary/aromatic N) is 2. The molecule has 0 unspecified atom stereocenters. The van der Waals surface area contributed by atoms with E-state index in [4.69, 9.17) is 9.47 Å². The van der Waals surface area contributed by atoms with Crippen LogP contribution in [0.2, 0.25) is 0 Å². The fourth-order valence-corrected chi connectivity index (χ4v) is 1.92. The molecule has 0 atom stereocenters. The number of hydrogen-bond donors (Lipinski definition) is 0. The molecule has 0 aliphatic carbocycles. The quantitative estimate of drug-likeness (QED) is 0.409. The van der Waals surface area contributed by atoms with Crippen molar-refractivity contribution in [2.24, 2.45) is 0 Å². The highest BCUT2D eigenvalue weighted by Gasteiger charge is 2.11. The van der Waals surface area contributed by atoms with Gasteiger partial charge in [0.1, 0.15) is 18.9 Å². The Morgan fingerprint density at radius 2 is 1.95 bits per heavy atom. The first-order valence-corrected chi connectivity index (χ1v) is 6.71. The van der Waals surface area contributed by atoms with Crippen LogP contribution >= 0.6 is 0 Å². The number of Topliss-reactive ketones (excluding diaryl/α,β-unsaturated/α-hetero) is 1. The number of carbonyl (C=O) groups is 2. The van der Waals surface area contributed by atoms with Gasteiger partial charge in [0.15, 0.2) is 5.78 Å². The lowest BCUT2D eigenvalue weighted by Crippen LogP contribution is -2.18. The van der Waals surface area contributed by atoms with E-state index in [-0.39, 0.29) is 25.4 Å². The zero-order valence-corrected chi connectivity index (χ0v) is 12.6. The average Bonchev–Trinajstić information content (AvgIpc) is 2.60. The van der Waals surface area contributed by atoms with Gasteiger partial charge in [-0.05, 0) is 27.7 Å². The lowest BCUT2D eigenvalue weighted by molar-refractivity contribution is -0.146. The fourth-order valence-electron chi connectivity index (χ4n) is 1.92. The molecule has 6 nitrogen and oxygen atoms in total. The normalized spacial score (nSPS) is 10.6. The highest BCUT2D eigenvalue weighted by molar-refractivity contribution is 5.96. The number of imidazole rings is 1. The van der Waals surface area contributed by atoms with Crippen molar-refractivity contribution in [3.8, 4) is 0 Å². The van der Waals surface area contributed by atoms with Gasteiger partial charge >= 0.3 is 5.97 Å². The summed E-state index contributed by atoms with van der Waals surface area (Å²) in [5.41, 5.74) is 2.10. The monoisotopic (exact) mass is 282 g/mol. The Bertz CT molecular complexity index is 480. The van der Waals surface area contributed by atoms with E-state index in [1.165, 1.54) is 0 Å². The topological polar surface area (TPSA) is 70.4 Å². The first kappa shape index (κ1) is 16.4. The molecular formula is C14H22N2O4. The molecule has 0 aliphatic heterocycles. The van der Waals surface area contributed by atoms with E-state index in [0.29, 0.717) is 13.2 Å². The standard InChI is InChI=1S/C14H22N2O4/c1-5-20-14(18)8-13(17)9-19-7-6-16-11(3)10(2)15-12(16)4/h5-9H2,1-4H3. The summed E-state index contributed by atoms with van der Waals surface area (Å²) in [7, 11) is 0. The Morgan fingerprint density at radius 1 is 1.25 bits per heavy atom. The Morgan fingerprint density at radius 3 is 2.50 bits per heavy atom. The second kappa shape index (κ2) is 7.79. The molecule has 1 aromatic heterocycles. The summed E-state index contributed by atoms with van der Waals surface area (Å²) >= 11 is 0. The van der Waals surface area contributed by atoms with Gasteiger partial charge in [0.2, 0.25) is 0 Å². The summed E-state index contributed by atoms with van der Waals surface area (Å²) < 4.78 is 12.0. The summed E-state index contributed by atoms with van der Waals surface area (Å²) in [4.78, 5) is 26.9. The number of rotatable bonds is 8. The maximum Gasteiger partial charge on any atom is 0.313 e. The van der Waals surface area contributed by atoms with E-state index >= 15 is 0 Å². The van der Waals surface area contributed by atoms with Crippen molar-refractivity contribution < 1.29 is 19.1 Å². The van der Waals surface area contributed by atoms with Gasteiger partial charge < -0.3 is 14.0 Å². The number of carbonyl (C=O) groups excluding carboxylic acids is 2. The lowest BCUT2D eigenvalue weighted by Gasteiger charge is -2.08. The lowest BCUT2D eigenvalue weighted by atomic mass is 10.3. The van der Waals surface area contributed by atoms with Crippen molar-refractivity contribution in [1.29, 1.82) is 0 Å². The third kappa shape index (κ3) is 4.77. The molecule has 1 aromatic rings. The second-order valence-corrected chi connectivity index (χ2v) is 4.55. The summed E-state index contributed by atoms with van der Waals surface area (Å²) in [6, 6.07) is 0. The maximum absolute atomic E-state index is 11.4. The number of ether oxygens (including phenoxy) is 2.